The van der Waals surface area contributed by atoms with Gasteiger partial charge in [0.1, 0.15) is 0 Å². The standard InChI is InChI=1S/C12H19NO3/c1-15-12(16-2)9-13-11-5-3-10(4-6-11)7-8-14/h3-6,12-14H,7-9H2,1-2H3. The van der Waals surface area contributed by atoms with Crippen molar-refractivity contribution in [2.45, 2.75) is 12.7 Å². The van der Waals surface area contributed by atoms with Crippen molar-refractivity contribution in [2.24, 2.45) is 0 Å². The molecule has 0 bridgehead atoms. The molecule has 2 N–H and O–H groups in total. The van der Waals surface area contributed by atoms with Crippen LogP contribution in [-0.2, 0) is 15.9 Å². The highest BCUT2D eigenvalue weighted by atomic mass is 16.7. The zero-order chi connectivity index (χ0) is 11.8. The minimum absolute atomic E-state index is 0.183. The van der Waals surface area contributed by atoms with Crippen LogP contribution in [0.2, 0.25) is 0 Å². The van der Waals surface area contributed by atoms with Crippen molar-refractivity contribution in [2.75, 3.05) is 32.7 Å². The van der Waals surface area contributed by atoms with Gasteiger partial charge < -0.3 is 19.9 Å². The molecule has 0 aromatic heterocycles. The predicted molar refractivity (Wildman–Crippen MR) is 63.5 cm³/mol. The minimum Gasteiger partial charge on any atom is -0.396 e. The number of rotatable bonds is 7. The third-order valence-corrected chi connectivity index (χ3v) is 2.35. The van der Waals surface area contributed by atoms with Crippen LogP contribution in [0.15, 0.2) is 24.3 Å². The van der Waals surface area contributed by atoms with Gasteiger partial charge in [-0.1, -0.05) is 12.1 Å². The van der Waals surface area contributed by atoms with Gasteiger partial charge in [0.2, 0.25) is 0 Å². The Bertz CT molecular complexity index is 283. The molecule has 1 aromatic rings. The fraction of sp³-hybridized carbons (Fsp3) is 0.500. The Morgan fingerprint density at radius 2 is 1.81 bits per heavy atom. The number of aliphatic hydroxyl groups excluding tert-OH is 1. The molecule has 0 saturated carbocycles. The van der Waals surface area contributed by atoms with Crippen LogP contribution in [0.5, 0.6) is 0 Å². The van der Waals surface area contributed by atoms with Crippen LogP contribution in [0.3, 0.4) is 0 Å². The number of ether oxygens (including phenoxy) is 2. The van der Waals surface area contributed by atoms with Crippen LogP contribution >= 0.6 is 0 Å². The van der Waals surface area contributed by atoms with Gasteiger partial charge >= 0.3 is 0 Å². The first-order valence-electron chi connectivity index (χ1n) is 5.29. The van der Waals surface area contributed by atoms with Crippen LogP contribution in [0, 0.1) is 0 Å². The van der Waals surface area contributed by atoms with Gasteiger partial charge in [-0.3, -0.25) is 0 Å². The number of anilines is 1. The summed E-state index contributed by atoms with van der Waals surface area (Å²) in [7, 11) is 3.22. The molecule has 0 saturated heterocycles. The molecule has 0 amide bonds. The number of hydrogen-bond acceptors (Lipinski definition) is 4. The van der Waals surface area contributed by atoms with Crippen LogP contribution < -0.4 is 5.32 Å². The first kappa shape index (κ1) is 13.0. The van der Waals surface area contributed by atoms with Crippen LogP contribution in [0.4, 0.5) is 5.69 Å². The molecule has 4 nitrogen and oxygen atoms in total. The molecular weight excluding hydrogens is 206 g/mol. The third kappa shape index (κ3) is 4.18. The van der Waals surface area contributed by atoms with E-state index in [0.29, 0.717) is 13.0 Å². The Kier molecular flexibility index (Phi) is 5.85. The van der Waals surface area contributed by atoms with E-state index in [9.17, 15) is 0 Å². The summed E-state index contributed by atoms with van der Waals surface area (Å²) in [5, 5.41) is 12.0. The lowest BCUT2D eigenvalue weighted by atomic mass is 10.1. The largest absolute Gasteiger partial charge is 0.396 e. The van der Waals surface area contributed by atoms with E-state index in [1.807, 2.05) is 24.3 Å². The quantitative estimate of drug-likeness (QED) is 0.686. The first-order valence-corrected chi connectivity index (χ1v) is 5.29. The van der Waals surface area contributed by atoms with Crippen LogP contribution in [0.1, 0.15) is 5.56 Å². The SMILES string of the molecule is COC(CNc1ccc(CCO)cc1)OC. The molecule has 0 fully saturated rings. The maximum absolute atomic E-state index is 8.78. The Morgan fingerprint density at radius 1 is 1.19 bits per heavy atom. The van der Waals surface area contributed by atoms with Crippen LogP contribution in [0.25, 0.3) is 0 Å². The molecule has 1 aromatic carbocycles. The smallest absolute Gasteiger partial charge is 0.173 e. The lowest BCUT2D eigenvalue weighted by Gasteiger charge is -2.15. The fourth-order valence-corrected chi connectivity index (χ4v) is 1.38. The predicted octanol–water partition coefficient (Wildman–Crippen LogP) is 1.25. The zero-order valence-electron chi connectivity index (χ0n) is 9.77. The fourth-order valence-electron chi connectivity index (χ4n) is 1.38. The van der Waals surface area contributed by atoms with Crippen molar-refractivity contribution in [1.82, 2.24) is 0 Å². The molecule has 0 aliphatic heterocycles. The summed E-state index contributed by atoms with van der Waals surface area (Å²) in [5.41, 5.74) is 2.14. The Morgan fingerprint density at radius 3 is 2.31 bits per heavy atom. The second-order valence-electron chi connectivity index (χ2n) is 3.45. The van der Waals surface area contributed by atoms with Crippen LogP contribution in [-0.4, -0.2) is 38.8 Å². The summed E-state index contributed by atoms with van der Waals surface area (Å²) in [6, 6.07) is 7.95. The van der Waals surface area contributed by atoms with Crippen molar-refractivity contribution in [1.29, 1.82) is 0 Å². The molecule has 4 heteroatoms. The van der Waals surface area contributed by atoms with E-state index in [4.69, 9.17) is 14.6 Å². The van der Waals surface area contributed by atoms with Crippen molar-refractivity contribution < 1.29 is 14.6 Å². The number of aliphatic hydroxyl groups is 1. The summed E-state index contributed by atoms with van der Waals surface area (Å²) in [4.78, 5) is 0. The molecule has 0 aliphatic rings. The van der Waals surface area contributed by atoms with E-state index >= 15 is 0 Å². The Labute approximate surface area is 96.2 Å². The minimum atomic E-state index is -0.239. The zero-order valence-corrected chi connectivity index (χ0v) is 9.77. The lowest BCUT2D eigenvalue weighted by Crippen LogP contribution is -2.23. The van der Waals surface area contributed by atoms with Gasteiger partial charge in [0.05, 0.1) is 6.54 Å². The highest BCUT2D eigenvalue weighted by molar-refractivity contribution is 5.44. The highest BCUT2D eigenvalue weighted by Crippen LogP contribution is 2.10. The molecule has 0 radical (unpaired) electrons. The molecule has 0 spiro atoms. The normalized spacial score (nSPS) is 10.8. The number of nitrogens with one attached hydrogen (secondary N) is 1. The van der Waals surface area contributed by atoms with E-state index in [-0.39, 0.29) is 12.9 Å². The van der Waals surface area contributed by atoms with E-state index in [1.165, 1.54) is 0 Å². The highest BCUT2D eigenvalue weighted by Gasteiger charge is 2.03. The maximum atomic E-state index is 8.78. The van der Waals surface area contributed by atoms with E-state index in [0.717, 1.165) is 11.3 Å². The van der Waals surface area contributed by atoms with E-state index < -0.39 is 0 Å². The molecular formula is C12H19NO3. The number of methoxy groups -OCH3 is 2. The van der Waals surface area contributed by atoms with E-state index in [2.05, 4.69) is 5.32 Å². The van der Waals surface area contributed by atoms with Crippen molar-refractivity contribution in [3.63, 3.8) is 0 Å². The average molecular weight is 225 g/mol. The Hall–Kier alpha value is -1.10. The summed E-state index contributed by atoms with van der Waals surface area (Å²) in [6.45, 7) is 0.786. The molecule has 0 aliphatic carbocycles. The number of hydrogen-bond donors (Lipinski definition) is 2. The summed E-state index contributed by atoms with van der Waals surface area (Å²) in [5.74, 6) is 0. The molecule has 1 rings (SSSR count). The molecule has 16 heavy (non-hydrogen) atoms. The van der Waals surface area contributed by atoms with Gasteiger partial charge in [0.25, 0.3) is 0 Å². The van der Waals surface area contributed by atoms with Gasteiger partial charge in [-0.25, -0.2) is 0 Å². The molecule has 0 unspecified atom stereocenters. The molecule has 0 heterocycles. The van der Waals surface area contributed by atoms with Crippen molar-refractivity contribution >= 4 is 5.69 Å². The lowest BCUT2D eigenvalue weighted by molar-refractivity contribution is -0.0914. The van der Waals surface area contributed by atoms with Gasteiger partial charge in [-0.05, 0) is 24.1 Å². The summed E-state index contributed by atoms with van der Waals surface area (Å²) >= 11 is 0. The third-order valence-electron chi connectivity index (χ3n) is 2.35. The van der Waals surface area contributed by atoms with Crippen molar-refractivity contribution in [3.05, 3.63) is 29.8 Å². The monoisotopic (exact) mass is 225 g/mol. The van der Waals surface area contributed by atoms with Gasteiger partial charge in [0.15, 0.2) is 6.29 Å². The second kappa shape index (κ2) is 7.22. The Balaban J connectivity index is 2.42. The van der Waals surface area contributed by atoms with Gasteiger partial charge in [-0.15, -0.1) is 0 Å². The van der Waals surface area contributed by atoms with Crippen molar-refractivity contribution in [3.8, 4) is 0 Å². The second-order valence-corrected chi connectivity index (χ2v) is 3.45. The summed E-state index contributed by atoms with van der Waals surface area (Å²) in [6.07, 6.45) is 0.455. The van der Waals surface area contributed by atoms with Gasteiger partial charge in [0, 0.05) is 26.5 Å². The molecule has 90 valence electrons. The average Bonchev–Trinajstić information content (AvgIpc) is 2.33. The summed E-state index contributed by atoms with van der Waals surface area (Å²) < 4.78 is 10.1. The number of benzene rings is 1. The first-order chi connectivity index (χ1) is 7.80. The molecule has 0 atom stereocenters. The van der Waals surface area contributed by atoms with Gasteiger partial charge in [-0.2, -0.15) is 0 Å². The topological polar surface area (TPSA) is 50.7 Å². The van der Waals surface area contributed by atoms with E-state index in [1.54, 1.807) is 14.2 Å². The maximum Gasteiger partial charge on any atom is 0.173 e.